The number of rotatable bonds is 5. The quantitative estimate of drug-likeness (QED) is 0.729. The first-order chi connectivity index (χ1) is 8.40. The minimum absolute atomic E-state index is 0.309. The molecule has 0 radical (unpaired) electrons. The SMILES string of the molecule is COC(OCc1ccccc1)c1ccccc1. The molecule has 2 aromatic rings. The number of hydrogen-bond donors (Lipinski definition) is 0. The molecule has 0 fully saturated rings. The van der Waals surface area contributed by atoms with Crippen molar-refractivity contribution in [1.82, 2.24) is 0 Å². The van der Waals surface area contributed by atoms with Crippen molar-refractivity contribution in [2.24, 2.45) is 0 Å². The molecule has 0 bridgehead atoms. The molecule has 0 aromatic heterocycles. The van der Waals surface area contributed by atoms with Crippen molar-refractivity contribution in [2.75, 3.05) is 7.11 Å². The molecule has 0 aliphatic rings. The minimum atomic E-state index is -0.309. The Balaban J connectivity index is 1.97. The monoisotopic (exact) mass is 228 g/mol. The van der Waals surface area contributed by atoms with Crippen LogP contribution in [0.15, 0.2) is 60.7 Å². The van der Waals surface area contributed by atoms with E-state index in [0.717, 1.165) is 11.1 Å². The second kappa shape index (κ2) is 6.18. The van der Waals surface area contributed by atoms with Gasteiger partial charge in [0.15, 0.2) is 6.29 Å². The van der Waals surface area contributed by atoms with Crippen molar-refractivity contribution < 1.29 is 9.47 Å². The fourth-order valence-electron chi connectivity index (χ4n) is 1.66. The first-order valence-electron chi connectivity index (χ1n) is 5.63. The fraction of sp³-hybridized carbons (Fsp3) is 0.200. The molecule has 2 aromatic carbocycles. The first-order valence-corrected chi connectivity index (χ1v) is 5.63. The van der Waals surface area contributed by atoms with Crippen molar-refractivity contribution in [3.8, 4) is 0 Å². The maximum absolute atomic E-state index is 5.74. The number of benzene rings is 2. The Labute approximate surface area is 102 Å². The number of methoxy groups -OCH3 is 1. The van der Waals surface area contributed by atoms with Gasteiger partial charge in [0.05, 0.1) is 6.61 Å². The van der Waals surface area contributed by atoms with Gasteiger partial charge < -0.3 is 9.47 Å². The van der Waals surface area contributed by atoms with Crippen LogP contribution in [0.25, 0.3) is 0 Å². The first kappa shape index (κ1) is 11.8. The van der Waals surface area contributed by atoms with Gasteiger partial charge in [0, 0.05) is 12.7 Å². The van der Waals surface area contributed by atoms with Gasteiger partial charge in [-0.2, -0.15) is 0 Å². The Kier molecular flexibility index (Phi) is 4.30. The third kappa shape index (κ3) is 3.41. The Bertz CT molecular complexity index is 425. The average Bonchev–Trinajstić information content (AvgIpc) is 2.42. The van der Waals surface area contributed by atoms with E-state index >= 15 is 0 Å². The molecule has 2 heteroatoms. The van der Waals surface area contributed by atoms with E-state index in [2.05, 4.69) is 0 Å². The third-order valence-electron chi connectivity index (χ3n) is 2.53. The van der Waals surface area contributed by atoms with Gasteiger partial charge in [-0.1, -0.05) is 60.7 Å². The van der Waals surface area contributed by atoms with E-state index in [-0.39, 0.29) is 6.29 Å². The summed E-state index contributed by atoms with van der Waals surface area (Å²) in [6.45, 7) is 0.550. The lowest BCUT2D eigenvalue weighted by molar-refractivity contribution is -0.135. The van der Waals surface area contributed by atoms with Crippen molar-refractivity contribution in [2.45, 2.75) is 12.9 Å². The summed E-state index contributed by atoms with van der Waals surface area (Å²) in [5.74, 6) is 0. The van der Waals surface area contributed by atoms with E-state index in [1.165, 1.54) is 0 Å². The minimum Gasteiger partial charge on any atom is -0.352 e. The zero-order valence-corrected chi connectivity index (χ0v) is 9.87. The van der Waals surface area contributed by atoms with Crippen LogP contribution in [0.2, 0.25) is 0 Å². The second-order valence-electron chi connectivity index (χ2n) is 3.77. The summed E-state index contributed by atoms with van der Waals surface area (Å²) in [4.78, 5) is 0. The second-order valence-corrected chi connectivity index (χ2v) is 3.77. The maximum atomic E-state index is 5.74. The standard InChI is InChI=1S/C15H16O2/c1-16-15(14-10-6-3-7-11-14)17-12-13-8-4-2-5-9-13/h2-11,15H,12H2,1H3. The highest BCUT2D eigenvalue weighted by atomic mass is 16.7. The average molecular weight is 228 g/mol. The van der Waals surface area contributed by atoms with Gasteiger partial charge in [-0.25, -0.2) is 0 Å². The van der Waals surface area contributed by atoms with E-state index in [1.54, 1.807) is 7.11 Å². The topological polar surface area (TPSA) is 18.5 Å². The van der Waals surface area contributed by atoms with Crippen molar-refractivity contribution >= 4 is 0 Å². The predicted molar refractivity (Wildman–Crippen MR) is 67.4 cm³/mol. The Morgan fingerprint density at radius 3 is 2.06 bits per heavy atom. The van der Waals surface area contributed by atoms with Gasteiger partial charge in [0.25, 0.3) is 0 Å². The van der Waals surface area contributed by atoms with E-state index in [0.29, 0.717) is 6.61 Å². The molecule has 0 saturated carbocycles. The van der Waals surface area contributed by atoms with Crippen LogP contribution in [0.1, 0.15) is 17.4 Å². The maximum Gasteiger partial charge on any atom is 0.183 e. The van der Waals surface area contributed by atoms with Crippen LogP contribution >= 0.6 is 0 Å². The Morgan fingerprint density at radius 2 is 1.47 bits per heavy atom. The summed E-state index contributed by atoms with van der Waals surface area (Å²) in [6, 6.07) is 20.0. The fourth-order valence-corrected chi connectivity index (χ4v) is 1.66. The van der Waals surface area contributed by atoms with Crippen molar-refractivity contribution in [1.29, 1.82) is 0 Å². The molecule has 1 atom stereocenters. The van der Waals surface area contributed by atoms with Crippen molar-refractivity contribution in [3.63, 3.8) is 0 Å². The molecule has 1 unspecified atom stereocenters. The van der Waals surface area contributed by atoms with Gasteiger partial charge in [0.1, 0.15) is 0 Å². The molecule has 0 N–H and O–H groups in total. The summed E-state index contributed by atoms with van der Waals surface area (Å²) in [5.41, 5.74) is 2.18. The van der Waals surface area contributed by atoms with Gasteiger partial charge in [0.2, 0.25) is 0 Å². The molecule has 0 aliphatic carbocycles. The van der Waals surface area contributed by atoms with Gasteiger partial charge in [-0.3, -0.25) is 0 Å². The highest BCUT2D eigenvalue weighted by Crippen LogP contribution is 2.19. The molecule has 0 amide bonds. The van der Waals surface area contributed by atoms with E-state index in [9.17, 15) is 0 Å². The number of ether oxygens (including phenoxy) is 2. The van der Waals surface area contributed by atoms with Crippen molar-refractivity contribution in [3.05, 3.63) is 71.8 Å². The lowest BCUT2D eigenvalue weighted by atomic mass is 10.2. The summed E-state index contributed by atoms with van der Waals surface area (Å²) in [7, 11) is 1.66. The zero-order valence-electron chi connectivity index (χ0n) is 9.87. The molecule has 17 heavy (non-hydrogen) atoms. The summed E-state index contributed by atoms with van der Waals surface area (Å²) >= 11 is 0. The van der Waals surface area contributed by atoms with Crippen LogP contribution < -0.4 is 0 Å². The van der Waals surface area contributed by atoms with Crippen LogP contribution in [0, 0.1) is 0 Å². The Morgan fingerprint density at radius 1 is 0.882 bits per heavy atom. The lowest BCUT2D eigenvalue weighted by Gasteiger charge is -2.16. The molecule has 0 heterocycles. The molecule has 0 spiro atoms. The molecule has 2 nitrogen and oxygen atoms in total. The smallest absolute Gasteiger partial charge is 0.183 e. The summed E-state index contributed by atoms with van der Waals surface area (Å²) in [5, 5.41) is 0. The molecular weight excluding hydrogens is 212 g/mol. The summed E-state index contributed by atoms with van der Waals surface area (Å²) < 4.78 is 11.1. The normalized spacial score (nSPS) is 12.3. The van der Waals surface area contributed by atoms with Crippen LogP contribution in [0.4, 0.5) is 0 Å². The van der Waals surface area contributed by atoms with Crippen LogP contribution in [-0.2, 0) is 16.1 Å². The molecule has 88 valence electrons. The zero-order chi connectivity index (χ0) is 11.9. The number of hydrogen-bond acceptors (Lipinski definition) is 2. The van der Waals surface area contributed by atoms with Gasteiger partial charge in [-0.05, 0) is 5.56 Å². The van der Waals surface area contributed by atoms with Crippen LogP contribution in [0.3, 0.4) is 0 Å². The largest absolute Gasteiger partial charge is 0.352 e. The summed E-state index contributed by atoms with van der Waals surface area (Å²) in [6.07, 6.45) is -0.309. The van der Waals surface area contributed by atoms with Crippen LogP contribution in [0.5, 0.6) is 0 Å². The molecular formula is C15H16O2. The highest BCUT2D eigenvalue weighted by molar-refractivity contribution is 5.17. The molecule has 0 aliphatic heterocycles. The van der Waals surface area contributed by atoms with Crippen LogP contribution in [-0.4, -0.2) is 7.11 Å². The third-order valence-corrected chi connectivity index (χ3v) is 2.53. The van der Waals surface area contributed by atoms with E-state index in [4.69, 9.17) is 9.47 Å². The van der Waals surface area contributed by atoms with E-state index < -0.39 is 0 Å². The van der Waals surface area contributed by atoms with E-state index in [1.807, 2.05) is 60.7 Å². The molecule has 2 rings (SSSR count). The Hall–Kier alpha value is -1.64. The van der Waals surface area contributed by atoms with Gasteiger partial charge in [-0.15, -0.1) is 0 Å². The highest BCUT2D eigenvalue weighted by Gasteiger charge is 2.09. The lowest BCUT2D eigenvalue weighted by Crippen LogP contribution is -2.06. The molecule has 0 saturated heterocycles. The predicted octanol–water partition coefficient (Wildman–Crippen LogP) is 3.55. The van der Waals surface area contributed by atoms with Gasteiger partial charge >= 0.3 is 0 Å².